The number of nitrogens with one attached hydrogen (secondary N) is 1. The van der Waals surface area contributed by atoms with Crippen LogP contribution in [-0.2, 0) is 32.3 Å². The number of benzene rings is 3. The van der Waals surface area contributed by atoms with Gasteiger partial charge in [0.25, 0.3) is 0 Å². The normalized spacial score (nSPS) is 14.3. The molecule has 5 N–H and O–H groups in total. The summed E-state index contributed by atoms with van der Waals surface area (Å²) < 4.78 is 16.2. The minimum Gasteiger partial charge on any atom is -0.478 e. The predicted molar refractivity (Wildman–Crippen MR) is 189 cm³/mol. The van der Waals surface area contributed by atoms with Crippen LogP contribution in [-0.4, -0.2) is 109 Å². The van der Waals surface area contributed by atoms with E-state index in [-0.39, 0.29) is 5.82 Å². The minimum absolute atomic E-state index is 0.364. The van der Waals surface area contributed by atoms with Crippen LogP contribution in [0.2, 0.25) is 0 Å². The molecule has 52 heavy (non-hydrogen) atoms. The van der Waals surface area contributed by atoms with Gasteiger partial charge in [-0.25, -0.2) is 28.4 Å². The first-order valence-electron chi connectivity index (χ1n) is 16.0. The molecule has 0 bridgehead atoms. The fourth-order valence-electron chi connectivity index (χ4n) is 5.50. The second-order valence-corrected chi connectivity index (χ2v) is 11.5. The standard InChI is InChI=1S/C28H29FN6O.2C4H4O4/c29-24-11-6-12-25-26(24)27(31-35(25)28(36)30-23-9-2-1-3-10-23)34-17-15-32(16-18-34)13-14-33-19-21-7-4-5-8-22(21)20-33;2*5-3(6)1-2-4(7)8/h1-12H,13-20H2,(H,30,36);2*1-2H,(H,5,6)(H,7,8)/b;2*2-1-. The maximum Gasteiger partial charge on any atom is 0.347 e. The van der Waals surface area contributed by atoms with Crippen molar-refractivity contribution in [2.45, 2.75) is 13.1 Å². The van der Waals surface area contributed by atoms with Gasteiger partial charge in [-0.2, -0.15) is 4.68 Å². The van der Waals surface area contributed by atoms with E-state index in [1.54, 1.807) is 12.1 Å². The molecular weight excluding hydrogens is 679 g/mol. The topological polar surface area (TPSA) is 206 Å². The van der Waals surface area contributed by atoms with E-state index in [9.17, 15) is 28.4 Å². The average molecular weight is 717 g/mol. The van der Waals surface area contributed by atoms with Gasteiger partial charge in [0.05, 0.1) is 10.9 Å². The Labute approximate surface area is 297 Å². The summed E-state index contributed by atoms with van der Waals surface area (Å²) in [6, 6.07) is 22.2. The van der Waals surface area contributed by atoms with E-state index >= 15 is 0 Å². The fraction of sp³-hybridized carbons (Fsp3) is 0.222. The molecule has 0 radical (unpaired) electrons. The highest BCUT2D eigenvalue weighted by Gasteiger charge is 2.26. The van der Waals surface area contributed by atoms with Crippen LogP contribution in [0.15, 0.2) is 97.1 Å². The Balaban J connectivity index is 0.000000317. The van der Waals surface area contributed by atoms with Crippen LogP contribution in [0.5, 0.6) is 0 Å². The van der Waals surface area contributed by atoms with E-state index in [4.69, 9.17) is 20.4 Å². The molecule has 1 saturated heterocycles. The molecule has 2 aliphatic heterocycles. The van der Waals surface area contributed by atoms with Gasteiger partial charge in [-0.15, -0.1) is 5.10 Å². The first-order chi connectivity index (χ1) is 24.9. The first kappa shape index (κ1) is 38.4. The van der Waals surface area contributed by atoms with Crippen molar-refractivity contribution in [3.05, 3.63) is 114 Å². The lowest BCUT2D eigenvalue weighted by Crippen LogP contribution is -2.48. The molecule has 0 aliphatic carbocycles. The zero-order chi connectivity index (χ0) is 37.6. The number of carbonyl (C=O) groups excluding carboxylic acids is 1. The quantitative estimate of drug-likeness (QED) is 0.157. The minimum atomic E-state index is -1.26. The summed E-state index contributed by atoms with van der Waals surface area (Å²) in [5, 5.41) is 39.1. The number of carbonyl (C=O) groups is 5. The van der Waals surface area contributed by atoms with E-state index in [1.165, 1.54) is 21.9 Å². The fourth-order valence-corrected chi connectivity index (χ4v) is 5.50. The number of halogens is 1. The highest BCUT2D eigenvalue weighted by molar-refractivity contribution is 6.01. The molecule has 3 aromatic carbocycles. The summed E-state index contributed by atoms with van der Waals surface area (Å²) >= 11 is 0. The molecule has 1 aromatic heterocycles. The van der Waals surface area contributed by atoms with E-state index in [2.05, 4.69) is 49.4 Å². The SMILES string of the molecule is O=C(Nc1ccccc1)n1nc(N2CCN(CCN3Cc4ccccc4C3)CC2)c2c(F)cccc21.O=C(O)/C=C\C(=O)O.O=C(O)/C=C\C(=O)O. The zero-order valence-corrected chi connectivity index (χ0v) is 27.8. The van der Waals surface area contributed by atoms with Gasteiger partial charge in [0.2, 0.25) is 0 Å². The van der Waals surface area contributed by atoms with E-state index < -0.39 is 29.9 Å². The maximum atomic E-state index is 15.0. The van der Waals surface area contributed by atoms with Gasteiger partial charge in [0.1, 0.15) is 5.82 Å². The van der Waals surface area contributed by atoms with Crippen molar-refractivity contribution in [2.75, 3.05) is 49.5 Å². The largest absolute Gasteiger partial charge is 0.478 e. The molecule has 0 unspecified atom stereocenters. The van der Waals surface area contributed by atoms with Gasteiger partial charge < -0.3 is 30.6 Å². The molecule has 272 valence electrons. The number of piperazine rings is 1. The van der Waals surface area contributed by atoms with Crippen molar-refractivity contribution in [1.29, 1.82) is 0 Å². The lowest BCUT2D eigenvalue weighted by Gasteiger charge is -2.35. The molecule has 16 heteroatoms. The average Bonchev–Trinajstić information content (AvgIpc) is 3.73. The van der Waals surface area contributed by atoms with Crippen molar-refractivity contribution < 1.29 is 48.8 Å². The highest BCUT2D eigenvalue weighted by atomic mass is 19.1. The Morgan fingerprint density at radius 2 is 1.15 bits per heavy atom. The van der Waals surface area contributed by atoms with Crippen LogP contribution in [0.25, 0.3) is 10.9 Å². The molecule has 0 saturated carbocycles. The number of fused-ring (bicyclic) bond motifs is 2. The number of anilines is 2. The number of para-hydroxylation sites is 1. The summed E-state index contributed by atoms with van der Waals surface area (Å²) in [5.41, 5.74) is 4.00. The molecule has 3 heterocycles. The third kappa shape index (κ3) is 11.3. The van der Waals surface area contributed by atoms with E-state index in [1.807, 2.05) is 30.3 Å². The molecule has 1 fully saturated rings. The maximum absolute atomic E-state index is 15.0. The highest BCUT2D eigenvalue weighted by Crippen LogP contribution is 2.30. The second kappa shape index (κ2) is 18.6. The molecule has 4 aromatic rings. The zero-order valence-electron chi connectivity index (χ0n) is 27.8. The smallest absolute Gasteiger partial charge is 0.347 e. The first-order valence-corrected chi connectivity index (χ1v) is 16.0. The number of rotatable bonds is 9. The number of aliphatic carboxylic acids is 4. The third-order valence-electron chi connectivity index (χ3n) is 7.90. The monoisotopic (exact) mass is 716 g/mol. The lowest BCUT2D eigenvalue weighted by molar-refractivity contribution is -0.134. The number of carboxylic acid groups (broad SMARTS) is 4. The molecule has 2 aliphatic rings. The Bertz CT molecular complexity index is 1870. The van der Waals surface area contributed by atoms with Crippen LogP contribution < -0.4 is 10.2 Å². The summed E-state index contributed by atoms with van der Waals surface area (Å²) in [4.78, 5) is 58.3. The number of nitrogens with zero attached hydrogens (tertiary/aromatic N) is 5. The van der Waals surface area contributed by atoms with Gasteiger partial charge in [0, 0.05) is 82.3 Å². The Kier molecular flexibility index (Phi) is 13.7. The van der Waals surface area contributed by atoms with Gasteiger partial charge in [-0.3, -0.25) is 9.80 Å². The number of carboxylic acids is 4. The van der Waals surface area contributed by atoms with Crippen LogP contribution in [0.1, 0.15) is 11.1 Å². The molecule has 0 atom stereocenters. The van der Waals surface area contributed by atoms with Crippen molar-refractivity contribution in [3.8, 4) is 0 Å². The van der Waals surface area contributed by atoms with Gasteiger partial charge in [-0.05, 0) is 35.4 Å². The van der Waals surface area contributed by atoms with Crippen molar-refractivity contribution >= 4 is 52.3 Å². The molecule has 1 amide bonds. The number of hydrogen-bond acceptors (Lipinski definition) is 9. The van der Waals surface area contributed by atoms with Crippen molar-refractivity contribution in [3.63, 3.8) is 0 Å². The Hall–Kier alpha value is -6.39. The van der Waals surface area contributed by atoms with Gasteiger partial charge >= 0.3 is 29.9 Å². The van der Waals surface area contributed by atoms with Crippen LogP contribution >= 0.6 is 0 Å². The molecule has 0 spiro atoms. The van der Waals surface area contributed by atoms with Crippen molar-refractivity contribution in [2.24, 2.45) is 0 Å². The number of amides is 1. The third-order valence-corrected chi connectivity index (χ3v) is 7.90. The predicted octanol–water partition coefficient (Wildman–Crippen LogP) is 3.82. The van der Waals surface area contributed by atoms with Gasteiger partial charge in [0.15, 0.2) is 5.82 Å². The van der Waals surface area contributed by atoms with Crippen LogP contribution in [0.4, 0.5) is 20.7 Å². The molecule has 15 nitrogen and oxygen atoms in total. The number of hydrogen-bond donors (Lipinski definition) is 5. The second-order valence-electron chi connectivity index (χ2n) is 11.5. The molecule has 6 rings (SSSR count). The van der Waals surface area contributed by atoms with E-state index in [0.717, 1.165) is 52.4 Å². The Morgan fingerprint density at radius 3 is 1.67 bits per heavy atom. The lowest BCUT2D eigenvalue weighted by atomic mass is 10.1. The summed E-state index contributed by atoms with van der Waals surface area (Å²) in [6.45, 7) is 7.29. The molecular formula is C36H37FN6O9. The van der Waals surface area contributed by atoms with E-state index in [0.29, 0.717) is 46.7 Å². The summed E-state index contributed by atoms with van der Waals surface area (Å²) in [7, 11) is 0. The van der Waals surface area contributed by atoms with Crippen LogP contribution in [0.3, 0.4) is 0 Å². The number of aromatic nitrogens is 2. The Morgan fingerprint density at radius 1 is 0.654 bits per heavy atom. The van der Waals surface area contributed by atoms with Crippen molar-refractivity contribution in [1.82, 2.24) is 19.6 Å². The van der Waals surface area contributed by atoms with Gasteiger partial charge in [-0.1, -0.05) is 48.5 Å². The van der Waals surface area contributed by atoms with Crippen LogP contribution in [0, 0.1) is 5.82 Å². The summed E-state index contributed by atoms with van der Waals surface area (Å²) in [5.74, 6) is -4.86. The summed E-state index contributed by atoms with van der Waals surface area (Å²) in [6.07, 6.45) is 2.23.